The summed E-state index contributed by atoms with van der Waals surface area (Å²) in [5.41, 5.74) is 13.6. The summed E-state index contributed by atoms with van der Waals surface area (Å²) in [5.74, 6) is 0. The average molecular weight is 751 g/mol. The van der Waals surface area contributed by atoms with E-state index < -0.39 is 0 Å². The van der Waals surface area contributed by atoms with Crippen molar-refractivity contribution in [3.63, 3.8) is 0 Å². The Labute approximate surface area is 339 Å². The van der Waals surface area contributed by atoms with Crippen molar-refractivity contribution >= 4 is 87.1 Å². The number of hydrogen-bond donors (Lipinski definition) is 0. The molecule has 13 rings (SSSR count). The summed E-state index contributed by atoms with van der Waals surface area (Å²) in [6.45, 7) is 0. The van der Waals surface area contributed by atoms with Crippen LogP contribution in [0.4, 0.5) is 0 Å². The lowest BCUT2D eigenvalue weighted by atomic mass is 9.98. The highest BCUT2D eigenvalue weighted by Gasteiger charge is 2.20. The molecule has 9 aromatic carbocycles. The van der Waals surface area contributed by atoms with Crippen molar-refractivity contribution in [3.05, 3.63) is 206 Å². The Bertz CT molecular complexity index is 3790. The minimum Gasteiger partial charge on any atom is -0.309 e. The molecular weight excluding hydrogens is 717 g/mol. The van der Waals surface area contributed by atoms with Crippen LogP contribution >= 0.6 is 0 Å². The van der Waals surface area contributed by atoms with Gasteiger partial charge in [0.25, 0.3) is 0 Å². The van der Waals surface area contributed by atoms with Crippen molar-refractivity contribution in [2.45, 2.75) is 0 Å². The number of benzene rings is 9. The molecule has 0 saturated heterocycles. The van der Waals surface area contributed by atoms with Gasteiger partial charge in [-0.2, -0.15) is 0 Å². The first kappa shape index (κ1) is 32.2. The zero-order chi connectivity index (χ0) is 38.6. The molecule has 0 fully saturated rings. The maximum Gasteiger partial charge on any atom is 0.0788 e. The van der Waals surface area contributed by atoms with E-state index in [1.54, 1.807) is 0 Å². The first-order chi connectivity index (χ1) is 29.3. The van der Waals surface area contributed by atoms with Gasteiger partial charge < -0.3 is 13.7 Å². The van der Waals surface area contributed by atoms with Gasteiger partial charge in [-0.1, -0.05) is 127 Å². The zero-order valence-electron chi connectivity index (χ0n) is 31.9. The van der Waals surface area contributed by atoms with Crippen molar-refractivity contribution in [2.24, 2.45) is 0 Å². The number of pyridine rings is 1. The third-order valence-electron chi connectivity index (χ3n) is 12.4. The molecule has 4 aromatic heterocycles. The minimum absolute atomic E-state index is 0.998. The van der Waals surface area contributed by atoms with Crippen molar-refractivity contribution in [3.8, 4) is 28.3 Å². The molecule has 0 bridgehead atoms. The van der Waals surface area contributed by atoms with E-state index in [0.717, 1.165) is 50.1 Å². The van der Waals surface area contributed by atoms with Gasteiger partial charge in [0, 0.05) is 65.7 Å². The SMILES string of the molecule is c1ccc(-c2nc3ccccc3c3cc4c5ccccc5n(-c5cccc(-n6c7ccccc7c7cc(-n8c9ccccc9c9ccccc98)ccc76)c5)c4cc23)cc1. The summed E-state index contributed by atoms with van der Waals surface area (Å²) in [6, 6.07) is 74.9. The van der Waals surface area contributed by atoms with Crippen LogP contribution in [0.5, 0.6) is 0 Å². The van der Waals surface area contributed by atoms with Gasteiger partial charge in [0.15, 0.2) is 0 Å². The largest absolute Gasteiger partial charge is 0.309 e. The molecule has 274 valence electrons. The fourth-order valence-electron chi connectivity index (χ4n) is 9.86. The summed E-state index contributed by atoms with van der Waals surface area (Å²) in [4.78, 5) is 5.28. The van der Waals surface area contributed by atoms with E-state index in [1.807, 2.05) is 0 Å². The van der Waals surface area contributed by atoms with E-state index in [1.165, 1.54) is 65.3 Å². The summed E-state index contributed by atoms with van der Waals surface area (Å²) in [5, 5.41) is 11.0. The highest BCUT2D eigenvalue weighted by Crippen LogP contribution is 2.41. The molecule has 0 aliphatic carbocycles. The lowest BCUT2D eigenvalue weighted by Crippen LogP contribution is -1.99. The van der Waals surface area contributed by atoms with Gasteiger partial charge >= 0.3 is 0 Å². The predicted molar refractivity (Wildman–Crippen MR) is 248 cm³/mol. The molecule has 0 amide bonds. The fourth-order valence-corrected chi connectivity index (χ4v) is 9.86. The number of fused-ring (bicyclic) bond motifs is 12. The monoisotopic (exact) mass is 750 g/mol. The number of para-hydroxylation sites is 5. The van der Waals surface area contributed by atoms with Gasteiger partial charge in [-0.3, -0.25) is 0 Å². The van der Waals surface area contributed by atoms with Gasteiger partial charge in [0.1, 0.15) is 0 Å². The van der Waals surface area contributed by atoms with E-state index >= 15 is 0 Å². The quantitative estimate of drug-likeness (QED) is 0.165. The molecule has 0 saturated carbocycles. The van der Waals surface area contributed by atoms with Crippen LogP contribution in [0.15, 0.2) is 206 Å². The molecule has 13 aromatic rings. The Hall–Kier alpha value is -7.95. The fraction of sp³-hybridized carbons (Fsp3) is 0. The molecule has 0 unspecified atom stereocenters. The van der Waals surface area contributed by atoms with Gasteiger partial charge in [0.2, 0.25) is 0 Å². The van der Waals surface area contributed by atoms with Crippen molar-refractivity contribution in [1.82, 2.24) is 18.7 Å². The Kier molecular flexibility index (Phi) is 6.69. The third kappa shape index (κ3) is 4.63. The highest BCUT2D eigenvalue weighted by molar-refractivity contribution is 6.20. The molecule has 59 heavy (non-hydrogen) atoms. The molecule has 0 aliphatic heterocycles. The third-order valence-corrected chi connectivity index (χ3v) is 12.4. The van der Waals surface area contributed by atoms with E-state index in [0.29, 0.717) is 0 Å². The van der Waals surface area contributed by atoms with Crippen LogP contribution in [-0.2, 0) is 0 Å². The van der Waals surface area contributed by atoms with E-state index in [4.69, 9.17) is 4.98 Å². The van der Waals surface area contributed by atoms with Gasteiger partial charge in [-0.15, -0.1) is 0 Å². The first-order valence-electron chi connectivity index (χ1n) is 20.2. The topological polar surface area (TPSA) is 27.7 Å². The Morgan fingerprint density at radius 2 is 0.712 bits per heavy atom. The van der Waals surface area contributed by atoms with Crippen LogP contribution in [-0.4, -0.2) is 18.7 Å². The van der Waals surface area contributed by atoms with Crippen LogP contribution in [0, 0.1) is 0 Å². The van der Waals surface area contributed by atoms with Crippen molar-refractivity contribution in [1.29, 1.82) is 0 Å². The zero-order valence-corrected chi connectivity index (χ0v) is 31.9. The Morgan fingerprint density at radius 1 is 0.254 bits per heavy atom. The average Bonchev–Trinajstić information content (AvgIpc) is 3.94. The van der Waals surface area contributed by atoms with E-state index in [-0.39, 0.29) is 0 Å². The summed E-state index contributed by atoms with van der Waals surface area (Å²) in [7, 11) is 0. The second-order valence-corrected chi connectivity index (χ2v) is 15.6. The molecule has 0 N–H and O–H groups in total. The van der Waals surface area contributed by atoms with Gasteiger partial charge in [-0.25, -0.2) is 4.98 Å². The number of aromatic nitrogens is 4. The summed E-state index contributed by atoms with van der Waals surface area (Å²) >= 11 is 0. The lowest BCUT2D eigenvalue weighted by Gasteiger charge is -2.14. The Balaban J connectivity index is 1.05. The summed E-state index contributed by atoms with van der Waals surface area (Å²) in [6.07, 6.45) is 0. The van der Waals surface area contributed by atoms with Gasteiger partial charge in [-0.05, 0) is 84.2 Å². The summed E-state index contributed by atoms with van der Waals surface area (Å²) < 4.78 is 7.27. The first-order valence-corrected chi connectivity index (χ1v) is 20.2. The lowest BCUT2D eigenvalue weighted by molar-refractivity contribution is 1.13. The van der Waals surface area contributed by atoms with E-state index in [9.17, 15) is 0 Å². The smallest absolute Gasteiger partial charge is 0.0788 e. The minimum atomic E-state index is 0.998. The van der Waals surface area contributed by atoms with Crippen LogP contribution in [0.2, 0.25) is 0 Å². The van der Waals surface area contributed by atoms with Crippen LogP contribution in [0.3, 0.4) is 0 Å². The second-order valence-electron chi connectivity index (χ2n) is 15.6. The van der Waals surface area contributed by atoms with Crippen LogP contribution in [0.25, 0.3) is 115 Å². The molecular formula is C55H34N4. The van der Waals surface area contributed by atoms with Gasteiger partial charge in [0.05, 0.1) is 44.3 Å². The Morgan fingerprint density at radius 3 is 1.32 bits per heavy atom. The normalized spacial score (nSPS) is 12.1. The van der Waals surface area contributed by atoms with E-state index in [2.05, 4.69) is 220 Å². The van der Waals surface area contributed by atoms with Crippen LogP contribution in [0.1, 0.15) is 0 Å². The number of nitrogens with zero attached hydrogens (tertiary/aromatic N) is 4. The predicted octanol–water partition coefficient (Wildman–Crippen LogP) is 14.3. The standard InChI is InChI=1S/C55H34N4/c1-2-15-35(16-3-1)55-47-34-54-46(33-44(47)39-19-4-9-24-48(39)56-55)43-23-8-13-28-52(43)59(54)37-18-14-17-36(31-37)57-51-27-12-7-22-42(51)45-32-38(29-30-53(45)57)58-49-25-10-5-20-40(49)41-21-6-11-26-50(41)58/h1-34H. The van der Waals surface area contributed by atoms with Crippen LogP contribution < -0.4 is 0 Å². The van der Waals surface area contributed by atoms with Crippen molar-refractivity contribution < 1.29 is 0 Å². The maximum absolute atomic E-state index is 5.28. The highest BCUT2D eigenvalue weighted by atomic mass is 15.0. The van der Waals surface area contributed by atoms with Crippen molar-refractivity contribution in [2.75, 3.05) is 0 Å². The molecule has 0 aliphatic rings. The molecule has 4 heterocycles. The molecule has 0 atom stereocenters. The molecule has 4 nitrogen and oxygen atoms in total. The second kappa shape index (κ2) is 12.3. The number of rotatable bonds is 4. The maximum atomic E-state index is 5.28. The molecule has 0 radical (unpaired) electrons. The number of hydrogen-bond acceptors (Lipinski definition) is 1. The molecule has 4 heteroatoms. The molecule has 0 spiro atoms.